The smallest absolute Gasteiger partial charge is 0.272 e. The molecule has 6 heteroatoms. The Labute approximate surface area is 121 Å². The highest BCUT2D eigenvalue weighted by Crippen LogP contribution is 2.18. The van der Waals surface area contributed by atoms with Crippen LogP contribution in [-0.2, 0) is 7.05 Å². The summed E-state index contributed by atoms with van der Waals surface area (Å²) in [4.78, 5) is 16.4. The lowest BCUT2D eigenvalue weighted by Crippen LogP contribution is -2.15. The van der Waals surface area contributed by atoms with Crippen molar-refractivity contribution < 1.29 is 4.79 Å². The van der Waals surface area contributed by atoms with E-state index in [0.717, 1.165) is 17.1 Å². The van der Waals surface area contributed by atoms with E-state index in [0.29, 0.717) is 11.5 Å². The highest BCUT2D eigenvalue weighted by molar-refractivity contribution is 6.03. The summed E-state index contributed by atoms with van der Waals surface area (Å²) in [6.45, 7) is 1.85. The second-order valence-corrected chi connectivity index (χ2v) is 4.78. The van der Waals surface area contributed by atoms with E-state index >= 15 is 0 Å². The molecule has 1 aromatic carbocycles. The number of anilines is 1. The van der Waals surface area contributed by atoms with Crippen LogP contribution in [0.4, 0.5) is 5.69 Å². The molecule has 3 rings (SSSR count). The van der Waals surface area contributed by atoms with Gasteiger partial charge in [-0.2, -0.15) is 5.10 Å². The number of hydrogen-bond acceptors (Lipinski definition) is 3. The fourth-order valence-corrected chi connectivity index (χ4v) is 2.07. The molecule has 0 radical (unpaired) electrons. The highest BCUT2D eigenvalue weighted by Gasteiger charge is 2.09. The third-order valence-electron chi connectivity index (χ3n) is 3.17. The number of nitrogens with zero attached hydrogens (tertiary/aromatic N) is 3. The Morgan fingerprint density at radius 3 is 2.57 bits per heavy atom. The topological polar surface area (TPSA) is 75.6 Å². The number of nitrogens with one attached hydrogen (secondary N) is 2. The van der Waals surface area contributed by atoms with E-state index < -0.39 is 0 Å². The lowest BCUT2D eigenvalue weighted by Gasteiger charge is -2.06. The maximum Gasteiger partial charge on any atom is 0.272 e. The van der Waals surface area contributed by atoms with Gasteiger partial charge < -0.3 is 9.88 Å². The Morgan fingerprint density at radius 2 is 2.00 bits per heavy atom. The fourth-order valence-electron chi connectivity index (χ4n) is 2.07. The van der Waals surface area contributed by atoms with Gasteiger partial charge in [-0.05, 0) is 43.3 Å². The Morgan fingerprint density at radius 1 is 1.24 bits per heavy atom. The van der Waals surface area contributed by atoms with Crippen molar-refractivity contribution in [3.63, 3.8) is 0 Å². The monoisotopic (exact) mass is 281 g/mol. The van der Waals surface area contributed by atoms with Gasteiger partial charge >= 0.3 is 0 Å². The zero-order valence-corrected chi connectivity index (χ0v) is 11.8. The molecule has 2 N–H and O–H groups in total. The van der Waals surface area contributed by atoms with Crippen molar-refractivity contribution in [3.05, 3.63) is 54.1 Å². The van der Waals surface area contributed by atoms with Crippen molar-refractivity contribution in [2.45, 2.75) is 6.92 Å². The summed E-state index contributed by atoms with van der Waals surface area (Å²) in [5, 5.41) is 9.77. The number of rotatable bonds is 3. The van der Waals surface area contributed by atoms with Crippen LogP contribution in [0.5, 0.6) is 0 Å². The highest BCUT2D eigenvalue weighted by atomic mass is 16.1. The van der Waals surface area contributed by atoms with Gasteiger partial charge in [0.05, 0.1) is 0 Å². The molecule has 0 fully saturated rings. The molecule has 0 aliphatic carbocycles. The summed E-state index contributed by atoms with van der Waals surface area (Å²) >= 11 is 0. The van der Waals surface area contributed by atoms with Crippen molar-refractivity contribution in [2.75, 3.05) is 5.32 Å². The molecule has 1 amide bonds. The molecule has 0 atom stereocenters. The number of carbonyl (C=O) groups is 1. The van der Waals surface area contributed by atoms with Gasteiger partial charge in [-0.3, -0.25) is 9.89 Å². The normalized spacial score (nSPS) is 10.6. The van der Waals surface area contributed by atoms with Gasteiger partial charge in [-0.25, -0.2) is 4.98 Å². The summed E-state index contributed by atoms with van der Waals surface area (Å²) in [6, 6.07) is 11.0. The molecular weight excluding hydrogens is 266 g/mol. The van der Waals surface area contributed by atoms with Crippen LogP contribution in [-0.4, -0.2) is 25.7 Å². The van der Waals surface area contributed by atoms with E-state index in [1.54, 1.807) is 10.6 Å². The van der Waals surface area contributed by atoms with Gasteiger partial charge in [-0.15, -0.1) is 0 Å². The quantitative estimate of drug-likeness (QED) is 0.774. The van der Waals surface area contributed by atoms with Crippen LogP contribution in [0.3, 0.4) is 0 Å². The molecule has 2 aromatic heterocycles. The molecule has 0 bridgehead atoms. The zero-order valence-electron chi connectivity index (χ0n) is 11.8. The van der Waals surface area contributed by atoms with E-state index in [4.69, 9.17) is 0 Å². The Kier molecular flexibility index (Phi) is 3.27. The Balaban J connectivity index is 1.76. The van der Waals surface area contributed by atoms with Gasteiger partial charge in [0.15, 0.2) is 5.82 Å². The molecule has 6 nitrogen and oxygen atoms in total. The lowest BCUT2D eigenvalue weighted by molar-refractivity contribution is 0.101. The number of H-pyrrole nitrogens is 1. The summed E-state index contributed by atoms with van der Waals surface area (Å²) in [5.74, 6) is 1.28. The standard InChI is InChI=1S/C15H15N5O/c1-10-16-14(19-18-10)11-5-7-12(8-6-11)17-15(21)13-4-3-9-20(13)2/h3-9H,1-2H3,(H,17,21)(H,16,18,19). The van der Waals surface area contributed by atoms with Crippen LogP contribution in [0.1, 0.15) is 16.3 Å². The average Bonchev–Trinajstić information content (AvgIpc) is 3.08. The fraction of sp³-hybridized carbons (Fsp3) is 0.133. The minimum atomic E-state index is -0.135. The molecule has 0 spiro atoms. The molecule has 0 aliphatic heterocycles. The number of aryl methyl sites for hydroxylation is 2. The number of amides is 1. The maximum absolute atomic E-state index is 12.1. The van der Waals surface area contributed by atoms with Crippen LogP contribution in [0.25, 0.3) is 11.4 Å². The van der Waals surface area contributed by atoms with Crippen LogP contribution >= 0.6 is 0 Å². The number of benzene rings is 1. The molecule has 2 heterocycles. The second kappa shape index (κ2) is 5.24. The zero-order chi connectivity index (χ0) is 14.8. The third kappa shape index (κ3) is 2.69. The minimum absolute atomic E-state index is 0.135. The maximum atomic E-state index is 12.1. The van der Waals surface area contributed by atoms with Crippen LogP contribution in [0, 0.1) is 6.92 Å². The molecule has 0 aliphatic rings. The van der Waals surface area contributed by atoms with E-state index in [9.17, 15) is 4.79 Å². The van der Waals surface area contributed by atoms with E-state index in [2.05, 4.69) is 20.5 Å². The van der Waals surface area contributed by atoms with Gasteiger partial charge in [-0.1, -0.05) is 0 Å². The molecule has 0 unspecified atom stereocenters. The first kappa shape index (κ1) is 13.1. The SMILES string of the molecule is Cc1nc(-c2ccc(NC(=O)c3cccn3C)cc2)n[nH]1. The molecule has 21 heavy (non-hydrogen) atoms. The molecule has 106 valence electrons. The summed E-state index contributed by atoms with van der Waals surface area (Å²) < 4.78 is 1.78. The number of aromatic nitrogens is 4. The molecule has 0 saturated carbocycles. The molecule has 0 saturated heterocycles. The number of aromatic amines is 1. The van der Waals surface area contributed by atoms with E-state index in [1.165, 1.54) is 0 Å². The predicted molar refractivity (Wildman–Crippen MR) is 79.9 cm³/mol. The van der Waals surface area contributed by atoms with Crippen molar-refractivity contribution in [3.8, 4) is 11.4 Å². The minimum Gasteiger partial charge on any atom is -0.347 e. The van der Waals surface area contributed by atoms with Gasteiger partial charge in [0.2, 0.25) is 0 Å². The average molecular weight is 281 g/mol. The van der Waals surface area contributed by atoms with Crippen molar-refractivity contribution in [2.24, 2.45) is 7.05 Å². The number of hydrogen-bond donors (Lipinski definition) is 2. The van der Waals surface area contributed by atoms with E-state index in [-0.39, 0.29) is 5.91 Å². The third-order valence-corrected chi connectivity index (χ3v) is 3.17. The second-order valence-electron chi connectivity index (χ2n) is 4.78. The van der Waals surface area contributed by atoms with Gasteiger partial charge in [0.1, 0.15) is 11.5 Å². The summed E-state index contributed by atoms with van der Waals surface area (Å²) in [7, 11) is 1.84. The first-order valence-electron chi connectivity index (χ1n) is 6.55. The number of carbonyl (C=O) groups excluding carboxylic acids is 1. The summed E-state index contributed by atoms with van der Waals surface area (Å²) in [6.07, 6.45) is 1.84. The van der Waals surface area contributed by atoms with E-state index in [1.807, 2.05) is 50.5 Å². The predicted octanol–water partition coefficient (Wildman–Crippen LogP) is 2.37. The van der Waals surface area contributed by atoms with Crippen LogP contribution in [0.15, 0.2) is 42.6 Å². The van der Waals surface area contributed by atoms with Crippen molar-refractivity contribution >= 4 is 11.6 Å². The van der Waals surface area contributed by atoms with Crippen molar-refractivity contribution in [1.82, 2.24) is 19.7 Å². The first-order valence-corrected chi connectivity index (χ1v) is 6.55. The summed E-state index contributed by atoms with van der Waals surface area (Å²) in [5.41, 5.74) is 2.25. The molecular formula is C15H15N5O. The molecule has 3 aromatic rings. The largest absolute Gasteiger partial charge is 0.347 e. The Hall–Kier alpha value is -2.89. The van der Waals surface area contributed by atoms with Gasteiger partial charge in [0.25, 0.3) is 5.91 Å². The van der Waals surface area contributed by atoms with Gasteiger partial charge in [0, 0.05) is 24.5 Å². The van der Waals surface area contributed by atoms with Crippen LogP contribution in [0.2, 0.25) is 0 Å². The van der Waals surface area contributed by atoms with Crippen molar-refractivity contribution in [1.29, 1.82) is 0 Å². The lowest BCUT2D eigenvalue weighted by atomic mass is 10.2. The first-order chi connectivity index (χ1) is 10.1. The Bertz CT molecular complexity index is 769. The van der Waals surface area contributed by atoms with Crippen LogP contribution < -0.4 is 5.32 Å².